The molecule has 3 aromatic rings. The number of halogens is 2. The molecule has 0 fully saturated rings. The van der Waals surface area contributed by atoms with E-state index in [1.165, 1.54) is 24.3 Å². The summed E-state index contributed by atoms with van der Waals surface area (Å²) in [7, 11) is 0. The monoisotopic (exact) mass is 436 g/mol. The first-order valence-corrected chi connectivity index (χ1v) is 9.30. The number of rotatable bonds is 4. The van der Waals surface area contributed by atoms with Gasteiger partial charge in [0, 0.05) is 10.2 Å². The Bertz CT molecular complexity index is 1100. The lowest BCUT2D eigenvalue weighted by Gasteiger charge is -2.15. The summed E-state index contributed by atoms with van der Waals surface area (Å²) in [6.45, 7) is 0. The number of benzene rings is 3. The van der Waals surface area contributed by atoms with Crippen LogP contribution in [0.15, 0.2) is 89.0 Å². The van der Waals surface area contributed by atoms with Crippen LogP contribution in [0.3, 0.4) is 0 Å². The number of carbonyl (C=O) groups excluding carboxylic acids is 2. The van der Waals surface area contributed by atoms with Crippen molar-refractivity contribution in [2.45, 2.75) is 0 Å². The molecule has 0 saturated heterocycles. The molecule has 4 rings (SSSR count). The van der Waals surface area contributed by atoms with Crippen LogP contribution in [0.1, 0.15) is 5.56 Å². The Morgan fingerprint density at radius 3 is 2.21 bits per heavy atom. The van der Waals surface area contributed by atoms with Gasteiger partial charge in [-0.2, -0.15) is 0 Å². The van der Waals surface area contributed by atoms with E-state index in [0.29, 0.717) is 16.9 Å². The molecule has 0 unspecified atom stereocenters. The van der Waals surface area contributed by atoms with Gasteiger partial charge in [0.15, 0.2) is 0 Å². The van der Waals surface area contributed by atoms with Crippen molar-refractivity contribution in [2.24, 2.45) is 0 Å². The second-order valence-electron chi connectivity index (χ2n) is 6.17. The number of amides is 2. The molecule has 0 radical (unpaired) electrons. The van der Waals surface area contributed by atoms with Crippen molar-refractivity contribution in [2.75, 3.05) is 10.2 Å². The van der Waals surface area contributed by atoms with Crippen LogP contribution in [-0.2, 0) is 9.59 Å². The van der Waals surface area contributed by atoms with E-state index in [4.69, 9.17) is 0 Å². The van der Waals surface area contributed by atoms with Gasteiger partial charge in [-0.25, -0.2) is 9.29 Å². The predicted molar refractivity (Wildman–Crippen MR) is 110 cm³/mol. The minimum atomic E-state index is -0.466. The molecule has 0 aliphatic carbocycles. The Hall–Kier alpha value is -3.25. The van der Waals surface area contributed by atoms with E-state index in [1.807, 2.05) is 12.1 Å². The van der Waals surface area contributed by atoms with E-state index in [-0.39, 0.29) is 17.1 Å². The number of hydrogen-bond donors (Lipinski definition) is 1. The zero-order chi connectivity index (χ0) is 19.7. The molecule has 0 aromatic heterocycles. The van der Waals surface area contributed by atoms with Gasteiger partial charge in [-0.05, 0) is 48.0 Å². The maximum atomic E-state index is 13.2. The summed E-state index contributed by atoms with van der Waals surface area (Å²) in [6, 6.07) is 21.6. The molecule has 0 spiro atoms. The molecule has 3 aromatic carbocycles. The van der Waals surface area contributed by atoms with E-state index in [9.17, 15) is 14.0 Å². The predicted octanol–water partition coefficient (Wildman–Crippen LogP) is 4.98. The molecule has 1 N–H and O–H groups in total. The lowest BCUT2D eigenvalue weighted by Crippen LogP contribution is -2.32. The maximum Gasteiger partial charge on any atom is 0.282 e. The van der Waals surface area contributed by atoms with Crippen molar-refractivity contribution in [3.63, 3.8) is 0 Å². The highest BCUT2D eigenvalue weighted by molar-refractivity contribution is 9.10. The van der Waals surface area contributed by atoms with Crippen LogP contribution in [0.25, 0.3) is 5.57 Å². The highest BCUT2D eigenvalue weighted by Gasteiger charge is 2.40. The van der Waals surface area contributed by atoms with Crippen molar-refractivity contribution in [3.8, 4) is 0 Å². The van der Waals surface area contributed by atoms with Crippen molar-refractivity contribution >= 4 is 44.7 Å². The highest BCUT2D eigenvalue weighted by atomic mass is 79.9. The third-order valence-corrected chi connectivity index (χ3v) is 4.82. The summed E-state index contributed by atoms with van der Waals surface area (Å²) in [4.78, 5) is 27.5. The zero-order valence-electron chi connectivity index (χ0n) is 14.5. The van der Waals surface area contributed by atoms with Gasteiger partial charge in [-0.15, -0.1) is 0 Å². The van der Waals surface area contributed by atoms with Crippen LogP contribution in [0, 0.1) is 5.82 Å². The molecule has 0 atom stereocenters. The van der Waals surface area contributed by atoms with Gasteiger partial charge in [0.25, 0.3) is 11.8 Å². The fraction of sp³-hybridized carbons (Fsp3) is 0. The Labute approximate surface area is 169 Å². The van der Waals surface area contributed by atoms with Gasteiger partial charge in [0.05, 0.1) is 11.3 Å². The van der Waals surface area contributed by atoms with Crippen molar-refractivity contribution in [3.05, 3.63) is 100 Å². The first-order valence-electron chi connectivity index (χ1n) is 8.51. The van der Waals surface area contributed by atoms with Crippen molar-refractivity contribution in [1.29, 1.82) is 0 Å². The third-order valence-electron chi connectivity index (χ3n) is 4.33. The van der Waals surface area contributed by atoms with Gasteiger partial charge in [-0.1, -0.05) is 52.3 Å². The molecule has 6 heteroatoms. The summed E-state index contributed by atoms with van der Waals surface area (Å²) in [5.74, 6) is -1.27. The highest BCUT2D eigenvalue weighted by Crippen LogP contribution is 2.34. The van der Waals surface area contributed by atoms with Crippen LogP contribution in [-0.4, -0.2) is 11.8 Å². The third kappa shape index (κ3) is 3.34. The molecule has 1 aliphatic rings. The maximum absolute atomic E-state index is 13.2. The largest absolute Gasteiger partial charge is 0.350 e. The summed E-state index contributed by atoms with van der Waals surface area (Å²) < 4.78 is 14.0. The SMILES string of the molecule is O=C1C(Nc2ccc(F)cc2)=C(c2ccccc2)C(=O)N1c1cccc(Br)c1. The van der Waals surface area contributed by atoms with Crippen LogP contribution in [0.5, 0.6) is 0 Å². The molecule has 28 heavy (non-hydrogen) atoms. The fourth-order valence-electron chi connectivity index (χ4n) is 3.05. The average molecular weight is 437 g/mol. The van der Waals surface area contributed by atoms with Gasteiger partial charge >= 0.3 is 0 Å². The molecular weight excluding hydrogens is 423 g/mol. The van der Waals surface area contributed by atoms with Crippen molar-refractivity contribution < 1.29 is 14.0 Å². The van der Waals surface area contributed by atoms with E-state index in [1.54, 1.807) is 42.5 Å². The lowest BCUT2D eigenvalue weighted by atomic mass is 10.0. The summed E-state index contributed by atoms with van der Waals surface area (Å²) in [5, 5.41) is 3.00. The molecule has 1 aliphatic heterocycles. The lowest BCUT2D eigenvalue weighted by molar-refractivity contribution is -0.120. The fourth-order valence-corrected chi connectivity index (χ4v) is 3.43. The minimum Gasteiger partial charge on any atom is -0.350 e. The van der Waals surface area contributed by atoms with Gasteiger partial charge < -0.3 is 5.32 Å². The molecule has 4 nitrogen and oxygen atoms in total. The summed E-state index contributed by atoms with van der Waals surface area (Å²) in [6.07, 6.45) is 0. The molecule has 2 amide bonds. The Kier molecular flexibility index (Phi) is 4.79. The van der Waals surface area contributed by atoms with E-state index < -0.39 is 11.8 Å². The number of nitrogens with one attached hydrogen (secondary N) is 1. The number of anilines is 2. The number of hydrogen-bond acceptors (Lipinski definition) is 3. The molecule has 0 bridgehead atoms. The van der Waals surface area contributed by atoms with Crippen molar-refractivity contribution in [1.82, 2.24) is 0 Å². The molecule has 1 heterocycles. The van der Waals surface area contributed by atoms with E-state index >= 15 is 0 Å². The summed E-state index contributed by atoms with van der Waals surface area (Å²) in [5.41, 5.74) is 2.04. The zero-order valence-corrected chi connectivity index (χ0v) is 16.1. The quantitative estimate of drug-likeness (QED) is 0.586. The molecular formula is C22H14BrFN2O2. The Morgan fingerprint density at radius 1 is 0.821 bits per heavy atom. The average Bonchev–Trinajstić information content (AvgIpc) is 2.94. The molecule has 0 saturated carbocycles. The normalized spacial score (nSPS) is 14.0. The standard InChI is InChI=1S/C22H14BrFN2O2/c23-15-7-4-8-18(13-15)26-21(27)19(14-5-2-1-3-6-14)20(22(26)28)25-17-11-9-16(24)10-12-17/h1-13,25H. The van der Waals surface area contributed by atoms with Crippen LogP contribution < -0.4 is 10.2 Å². The van der Waals surface area contributed by atoms with E-state index in [0.717, 1.165) is 9.37 Å². The topological polar surface area (TPSA) is 49.4 Å². The molecule has 138 valence electrons. The van der Waals surface area contributed by atoms with Crippen LogP contribution in [0.2, 0.25) is 0 Å². The van der Waals surface area contributed by atoms with Crippen LogP contribution in [0.4, 0.5) is 15.8 Å². The first-order chi connectivity index (χ1) is 13.5. The van der Waals surface area contributed by atoms with Crippen LogP contribution >= 0.6 is 15.9 Å². The second kappa shape index (κ2) is 7.40. The first kappa shape index (κ1) is 18.1. The van der Waals surface area contributed by atoms with Gasteiger partial charge in [0.2, 0.25) is 0 Å². The number of carbonyl (C=O) groups is 2. The Balaban J connectivity index is 1.81. The second-order valence-corrected chi connectivity index (χ2v) is 7.09. The summed E-state index contributed by atoms with van der Waals surface area (Å²) >= 11 is 3.37. The smallest absolute Gasteiger partial charge is 0.282 e. The number of nitrogens with zero attached hydrogens (tertiary/aromatic N) is 1. The minimum absolute atomic E-state index is 0.155. The van der Waals surface area contributed by atoms with Gasteiger partial charge in [0.1, 0.15) is 11.5 Å². The van der Waals surface area contributed by atoms with E-state index in [2.05, 4.69) is 21.2 Å². The number of imide groups is 1. The Morgan fingerprint density at radius 2 is 1.54 bits per heavy atom. The van der Waals surface area contributed by atoms with Gasteiger partial charge in [-0.3, -0.25) is 9.59 Å².